The van der Waals surface area contributed by atoms with Crippen LogP contribution in [0.4, 0.5) is 0 Å². The molecule has 0 saturated heterocycles. The monoisotopic (exact) mass is 305 g/mol. The maximum absolute atomic E-state index is 6.09. The van der Waals surface area contributed by atoms with E-state index in [9.17, 15) is 0 Å². The third-order valence-corrected chi connectivity index (χ3v) is 3.46. The second-order valence-corrected chi connectivity index (χ2v) is 5.54. The average molecular weight is 306 g/mol. The highest BCUT2D eigenvalue weighted by molar-refractivity contribution is 6.30. The molecular weight excluding hydrogens is 286 g/mol. The molecular formula is C17H20ClNO2. The molecule has 2 aromatic rings. The van der Waals surface area contributed by atoms with Gasteiger partial charge in [-0.2, -0.15) is 0 Å². The zero-order valence-corrected chi connectivity index (χ0v) is 13.2. The van der Waals surface area contributed by atoms with Crippen LogP contribution >= 0.6 is 11.6 Å². The molecule has 0 aliphatic heterocycles. The minimum absolute atomic E-state index is 0.186. The SMILES string of the molecule is COc1cc(C)ccc1OC(c1cccc(Cl)c1)C(C)N. The van der Waals surface area contributed by atoms with Gasteiger partial charge in [0.25, 0.3) is 0 Å². The standard InChI is InChI=1S/C17H20ClNO2/c1-11-7-8-15(16(9-11)20-3)21-17(12(2)19)13-5-4-6-14(18)10-13/h4-10,12,17H,19H2,1-3H3. The summed E-state index contributed by atoms with van der Waals surface area (Å²) in [5, 5.41) is 0.664. The Balaban J connectivity index is 2.33. The lowest BCUT2D eigenvalue weighted by Crippen LogP contribution is -2.29. The molecule has 2 unspecified atom stereocenters. The second-order valence-electron chi connectivity index (χ2n) is 5.11. The van der Waals surface area contributed by atoms with Gasteiger partial charge in [0.1, 0.15) is 6.10 Å². The van der Waals surface area contributed by atoms with Gasteiger partial charge in [0.05, 0.1) is 7.11 Å². The maximum atomic E-state index is 6.09. The van der Waals surface area contributed by atoms with Gasteiger partial charge in [0, 0.05) is 11.1 Å². The Hall–Kier alpha value is -1.71. The summed E-state index contributed by atoms with van der Waals surface area (Å²) in [4.78, 5) is 0. The van der Waals surface area contributed by atoms with Crippen LogP contribution in [0.1, 0.15) is 24.2 Å². The molecule has 0 fully saturated rings. The number of methoxy groups -OCH3 is 1. The maximum Gasteiger partial charge on any atom is 0.162 e. The summed E-state index contributed by atoms with van der Waals surface area (Å²) in [6, 6.07) is 13.2. The van der Waals surface area contributed by atoms with E-state index in [1.54, 1.807) is 7.11 Å². The molecule has 3 nitrogen and oxygen atoms in total. The largest absolute Gasteiger partial charge is 0.493 e. The van der Waals surface area contributed by atoms with E-state index >= 15 is 0 Å². The highest BCUT2D eigenvalue weighted by Gasteiger charge is 2.20. The highest BCUT2D eigenvalue weighted by Crippen LogP contribution is 2.33. The molecule has 0 aliphatic carbocycles. The Morgan fingerprint density at radius 3 is 2.48 bits per heavy atom. The lowest BCUT2D eigenvalue weighted by atomic mass is 10.0. The van der Waals surface area contributed by atoms with Crippen molar-refractivity contribution < 1.29 is 9.47 Å². The molecule has 0 saturated carbocycles. The summed E-state index contributed by atoms with van der Waals surface area (Å²) in [5.74, 6) is 1.37. The lowest BCUT2D eigenvalue weighted by Gasteiger charge is -2.24. The number of hydrogen-bond acceptors (Lipinski definition) is 3. The van der Waals surface area contributed by atoms with Crippen LogP contribution in [0, 0.1) is 6.92 Å². The molecule has 0 aliphatic rings. The molecule has 2 rings (SSSR count). The van der Waals surface area contributed by atoms with Gasteiger partial charge in [0.15, 0.2) is 11.5 Å². The van der Waals surface area contributed by atoms with Crippen molar-refractivity contribution in [3.63, 3.8) is 0 Å². The smallest absolute Gasteiger partial charge is 0.162 e. The zero-order valence-electron chi connectivity index (χ0n) is 12.5. The van der Waals surface area contributed by atoms with Gasteiger partial charge in [-0.3, -0.25) is 0 Å². The van der Waals surface area contributed by atoms with Crippen LogP contribution in [0.3, 0.4) is 0 Å². The summed E-state index contributed by atoms with van der Waals surface area (Å²) in [5.41, 5.74) is 8.13. The quantitative estimate of drug-likeness (QED) is 0.903. The van der Waals surface area contributed by atoms with Gasteiger partial charge in [-0.1, -0.05) is 29.8 Å². The Morgan fingerprint density at radius 1 is 1.10 bits per heavy atom. The van der Waals surface area contributed by atoms with Crippen LogP contribution in [-0.2, 0) is 0 Å². The van der Waals surface area contributed by atoms with Crippen molar-refractivity contribution in [2.24, 2.45) is 5.73 Å². The summed E-state index contributed by atoms with van der Waals surface area (Å²) in [6.07, 6.45) is -0.291. The molecule has 2 atom stereocenters. The van der Waals surface area contributed by atoms with E-state index in [0.29, 0.717) is 16.5 Å². The average Bonchev–Trinajstić information content (AvgIpc) is 2.45. The fourth-order valence-corrected chi connectivity index (χ4v) is 2.37. The molecule has 0 bridgehead atoms. The molecule has 0 heterocycles. The van der Waals surface area contributed by atoms with Crippen LogP contribution in [0.25, 0.3) is 0 Å². The minimum atomic E-state index is -0.291. The number of rotatable bonds is 5. The first-order valence-corrected chi connectivity index (χ1v) is 7.21. The Morgan fingerprint density at radius 2 is 1.86 bits per heavy atom. The van der Waals surface area contributed by atoms with Crippen LogP contribution in [-0.4, -0.2) is 13.2 Å². The van der Waals surface area contributed by atoms with Gasteiger partial charge in [-0.05, 0) is 49.2 Å². The lowest BCUT2D eigenvalue weighted by molar-refractivity contribution is 0.173. The normalized spacial score (nSPS) is 13.6. The predicted molar refractivity (Wildman–Crippen MR) is 86.2 cm³/mol. The Bertz CT molecular complexity index is 613. The van der Waals surface area contributed by atoms with E-state index < -0.39 is 0 Å². The van der Waals surface area contributed by atoms with Crippen molar-refractivity contribution in [2.75, 3.05) is 7.11 Å². The number of benzene rings is 2. The van der Waals surface area contributed by atoms with E-state index in [1.165, 1.54) is 0 Å². The summed E-state index contributed by atoms with van der Waals surface area (Å²) < 4.78 is 11.5. The summed E-state index contributed by atoms with van der Waals surface area (Å²) in [7, 11) is 1.63. The Kier molecular flexibility index (Phi) is 5.10. The molecule has 112 valence electrons. The number of aryl methyl sites for hydroxylation is 1. The van der Waals surface area contributed by atoms with E-state index in [0.717, 1.165) is 11.1 Å². The number of hydrogen-bond donors (Lipinski definition) is 1. The van der Waals surface area contributed by atoms with Gasteiger partial charge in [-0.15, -0.1) is 0 Å². The second kappa shape index (κ2) is 6.83. The van der Waals surface area contributed by atoms with Crippen molar-refractivity contribution in [1.82, 2.24) is 0 Å². The van der Waals surface area contributed by atoms with E-state index in [-0.39, 0.29) is 12.1 Å². The molecule has 0 radical (unpaired) electrons. The number of ether oxygens (including phenoxy) is 2. The third kappa shape index (κ3) is 3.90. The first-order valence-electron chi connectivity index (χ1n) is 6.83. The number of nitrogens with two attached hydrogens (primary N) is 1. The van der Waals surface area contributed by atoms with Crippen molar-refractivity contribution in [1.29, 1.82) is 0 Å². The first-order chi connectivity index (χ1) is 10.0. The van der Waals surface area contributed by atoms with Gasteiger partial charge >= 0.3 is 0 Å². The van der Waals surface area contributed by atoms with Gasteiger partial charge in [-0.25, -0.2) is 0 Å². The molecule has 4 heteroatoms. The fraction of sp³-hybridized carbons (Fsp3) is 0.294. The predicted octanol–water partition coefficient (Wildman–Crippen LogP) is 4.12. The number of halogens is 1. The van der Waals surface area contributed by atoms with Crippen molar-refractivity contribution in [2.45, 2.75) is 26.0 Å². The molecule has 2 aromatic carbocycles. The van der Waals surface area contributed by atoms with Crippen LogP contribution < -0.4 is 15.2 Å². The topological polar surface area (TPSA) is 44.5 Å². The molecule has 0 amide bonds. The molecule has 0 spiro atoms. The zero-order chi connectivity index (χ0) is 15.4. The van der Waals surface area contributed by atoms with Crippen molar-refractivity contribution in [3.05, 3.63) is 58.6 Å². The Labute approximate surface area is 130 Å². The van der Waals surface area contributed by atoms with Gasteiger partial charge < -0.3 is 15.2 Å². The van der Waals surface area contributed by atoms with Crippen molar-refractivity contribution in [3.8, 4) is 11.5 Å². The van der Waals surface area contributed by atoms with E-state index in [4.69, 9.17) is 26.8 Å². The fourth-order valence-electron chi connectivity index (χ4n) is 2.17. The van der Waals surface area contributed by atoms with Crippen LogP contribution in [0.5, 0.6) is 11.5 Å². The van der Waals surface area contributed by atoms with E-state index in [1.807, 2.05) is 56.3 Å². The molecule has 21 heavy (non-hydrogen) atoms. The van der Waals surface area contributed by atoms with Gasteiger partial charge in [0.2, 0.25) is 0 Å². The molecule has 0 aromatic heterocycles. The first kappa shape index (κ1) is 15.7. The van der Waals surface area contributed by atoms with Crippen LogP contribution in [0.2, 0.25) is 5.02 Å². The summed E-state index contributed by atoms with van der Waals surface area (Å²) >= 11 is 6.05. The van der Waals surface area contributed by atoms with Crippen molar-refractivity contribution >= 4 is 11.6 Å². The summed E-state index contributed by atoms with van der Waals surface area (Å²) in [6.45, 7) is 3.92. The van der Waals surface area contributed by atoms with E-state index in [2.05, 4.69) is 0 Å². The molecule has 2 N–H and O–H groups in total. The highest BCUT2D eigenvalue weighted by atomic mass is 35.5. The van der Waals surface area contributed by atoms with Crippen LogP contribution in [0.15, 0.2) is 42.5 Å². The minimum Gasteiger partial charge on any atom is -0.493 e. The third-order valence-electron chi connectivity index (χ3n) is 3.23.